The fourth-order valence-electron chi connectivity index (χ4n) is 1.18. The molecule has 1 aromatic carbocycles. The Labute approximate surface area is 119 Å². The van der Waals surface area contributed by atoms with E-state index >= 15 is 0 Å². The Bertz CT molecular complexity index is 403. The maximum Gasteiger partial charge on any atom is 0.241 e. The molecule has 94 valence electrons. The molecule has 0 bridgehead atoms. The Hall–Kier alpha value is -0.230. The van der Waals surface area contributed by atoms with Gasteiger partial charge in [-0.15, -0.1) is 0 Å². The molecular weight excluding hydrogens is 324 g/mol. The zero-order valence-corrected chi connectivity index (χ0v) is 12.5. The smallest absolute Gasteiger partial charge is 0.241 e. The standard InChI is InChI=1S/C11H14BrClN2OS/c1-17-5-4-10(14)11(16)15-7-2-3-8(12)9(13)6-7/h2-3,6,10H,4-5,14H2,1H3,(H,15,16)/t10-/m0/s1. The molecule has 1 amide bonds. The van der Waals surface area contributed by atoms with Gasteiger partial charge >= 0.3 is 0 Å². The average molecular weight is 338 g/mol. The molecular formula is C11H14BrClN2OS. The van der Waals surface area contributed by atoms with E-state index in [1.54, 1.807) is 30.0 Å². The van der Waals surface area contributed by atoms with Gasteiger partial charge in [0.25, 0.3) is 0 Å². The summed E-state index contributed by atoms with van der Waals surface area (Å²) in [6.45, 7) is 0. The SMILES string of the molecule is CSCC[C@H](N)C(=O)Nc1ccc(Br)c(Cl)c1. The van der Waals surface area contributed by atoms with Crippen molar-refractivity contribution in [3.8, 4) is 0 Å². The van der Waals surface area contributed by atoms with E-state index in [-0.39, 0.29) is 5.91 Å². The first kappa shape index (κ1) is 14.8. The second-order valence-corrected chi connectivity index (χ2v) is 5.75. The van der Waals surface area contributed by atoms with Crippen LogP contribution in [0.5, 0.6) is 0 Å². The summed E-state index contributed by atoms with van der Waals surface area (Å²) in [6.07, 6.45) is 2.65. The third-order valence-corrected chi connectivity index (χ3v) is 4.03. The molecule has 0 saturated carbocycles. The molecule has 3 N–H and O–H groups in total. The lowest BCUT2D eigenvalue weighted by Crippen LogP contribution is -2.36. The quantitative estimate of drug-likeness (QED) is 0.868. The first-order valence-electron chi connectivity index (χ1n) is 5.05. The van der Waals surface area contributed by atoms with Gasteiger partial charge in [-0.25, -0.2) is 0 Å². The normalized spacial score (nSPS) is 12.2. The van der Waals surface area contributed by atoms with Crippen LogP contribution in [0.2, 0.25) is 5.02 Å². The van der Waals surface area contributed by atoms with Crippen molar-refractivity contribution < 1.29 is 4.79 Å². The molecule has 6 heteroatoms. The number of rotatable bonds is 5. The number of benzene rings is 1. The zero-order valence-electron chi connectivity index (χ0n) is 9.37. The largest absolute Gasteiger partial charge is 0.325 e. The molecule has 1 aromatic rings. The van der Waals surface area contributed by atoms with Crippen LogP contribution < -0.4 is 11.1 Å². The van der Waals surface area contributed by atoms with Gasteiger partial charge in [0.2, 0.25) is 5.91 Å². The summed E-state index contributed by atoms with van der Waals surface area (Å²) in [7, 11) is 0. The highest BCUT2D eigenvalue weighted by Crippen LogP contribution is 2.25. The maximum atomic E-state index is 11.7. The number of carbonyl (C=O) groups excluding carboxylic acids is 1. The number of nitrogens with two attached hydrogens (primary N) is 1. The lowest BCUT2D eigenvalue weighted by Gasteiger charge is -2.12. The van der Waals surface area contributed by atoms with Crippen LogP contribution in [-0.2, 0) is 4.79 Å². The van der Waals surface area contributed by atoms with Crippen LogP contribution in [-0.4, -0.2) is 24.0 Å². The van der Waals surface area contributed by atoms with Crippen molar-refractivity contribution in [1.29, 1.82) is 0 Å². The van der Waals surface area contributed by atoms with Crippen LogP contribution in [0.4, 0.5) is 5.69 Å². The summed E-state index contributed by atoms with van der Waals surface area (Å²) >= 11 is 10.9. The summed E-state index contributed by atoms with van der Waals surface area (Å²) in [5.74, 6) is 0.688. The fourth-order valence-corrected chi connectivity index (χ4v) is 2.10. The lowest BCUT2D eigenvalue weighted by atomic mass is 10.2. The van der Waals surface area contributed by atoms with E-state index in [4.69, 9.17) is 17.3 Å². The first-order chi connectivity index (χ1) is 8.04. The van der Waals surface area contributed by atoms with Crippen LogP contribution in [0.25, 0.3) is 0 Å². The molecule has 1 atom stereocenters. The van der Waals surface area contributed by atoms with Gasteiger partial charge in [-0.1, -0.05) is 11.6 Å². The second-order valence-electron chi connectivity index (χ2n) is 3.51. The highest BCUT2D eigenvalue weighted by Gasteiger charge is 2.13. The van der Waals surface area contributed by atoms with E-state index < -0.39 is 6.04 Å². The Kier molecular flexibility index (Phi) is 6.33. The first-order valence-corrected chi connectivity index (χ1v) is 7.61. The summed E-state index contributed by atoms with van der Waals surface area (Å²) in [4.78, 5) is 11.7. The summed E-state index contributed by atoms with van der Waals surface area (Å²) in [5, 5.41) is 3.30. The number of hydrogen-bond donors (Lipinski definition) is 2. The van der Waals surface area contributed by atoms with Gasteiger partial charge in [0.05, 0.1) is 11.1 Å². The number of halogens is 2. The predicted molar refractivity (Wildman–Crippen MR) is 78.8 cm³/mol. The number of thioether (sulfide) groups is 1. The minimum absolute atomic E-state index is 0.183. The number of anilines is 1. The van der Waals surface area contributed by atoms with Gasteiger partial charge in [-0.3, -0.25) is 4.79 Å². The van der Waals surface area contributed by atoms with E-state index in [1.165, 1.54) is 0 Å². The van der Waals surface area contributed by atoms with E-state index in [0.29, 0.717) is 17.1 Å². The summed E-state index contributed by atoms with van der Waals surface area (Å²) in [5.41, 5.74) is 6.41. The Morgan fingerprint density at radius 1 is 1.65 bits per heavy atom. The van der Waals surface area contributed by atoms with Gasteiger partial charge in [-0.2, -0.15) is 11.8 Å². The van der Waals surface area contributed by atoms with Crippen molar-refractivity contribution in [2.24, 2.45) is 5.73 Å². The Morgan fingerprint density at radius 3 is 2.94 bits per heavy atom. The lowest BCUT2D eigenvalue weighted by molar-refractivity contribution is -0.117. The minimum Gasteiger partial charge on any atom is -0.325 e. The van der Waals surface area contributed by atoms with Gasteiger partial charge in [0.15, 0.2) is 0 Å². The molecule has 0 unspecified atom stereocenters. The molecule has 0 radical (unpaired) electrons. The van der Waals surface area contributed by atoms with Gasteiger partial charge in [0, 0.05) is 10.2 Å². The minimum atomic E-state index is -0.482. The molecule has 3 nitrogen and oxygen atoms in total. The van der Waals surface area contributed by atoms with Crippen molar-refractivity contribution in [2.75, 3.05) is 17.3 Å². The highest BCUT2D eigenvalue weighted by atomic mass is 79.9. The number of hydrogen-bond acceptors (Lipinski definition) is 3. The van der Waals surface area contributed by atoms with Crippen LogP contribution in [0, 0.1) is 0 Å². The second kappa shape index (κ2) is 7.26. The van der Waals surface area contributed by atoms with Gasteiger partial charge in [-0.05, 0) is 52.6 Å². The number of amides is 1. The molecule has 0 heterocycles. The zero-order chi connectivity index (χ0) is 12.8. The van der Waals surface area contributed by atoms with E-state index in [1.807, 2.05) is 6.26 Å². The third-order valence-electron chi connectivity index (χ3n) is 2.16. The molecule has 0 aliphatic heterocycles. The summed E-state index contributed by atoms with van der Waals surface area (Å²) in [6, 6.07) is 4.76. The van der Waals surface area contributed by atoms with E-state index in [2.05, 4.69) is 21.2 Å². The maximum absolute atomic E-state index is 11.7. The van der Waals surface area contributed by atoms with Crippen molar-refractivity contribution in [3.63, 3.8) is 0 Å². The Balaban J connectivity index is 2.58. The van der Waals surface area contributed by atoms with Gasteiger partial charge in [0.1, 0.15) is 0 Å². The van der Waals surface area contributed by atoms with E-state index in [9.17, 15) is 4.79 Å². The van der Waals surface area contributed by atoms with Crippen molar-refractivity contribution in [2.45, 2.75) is 12.5 Å². The van der Waals surface area contributed by atoms with Gasteiger partial charge < -0.3 is 11.1 Å². The molecule has 0 spiro atoms. The van der Waals surface area contributed by atoms with Crippen molar-refractivity contribution in [3.05, 3.63) is 27.7 Å². The van der Waals surface area contributed by atoms with Crippen molar-refractivity contribution >= 4 is 50.9 Å². The average Bonchev–Trinajstić information content (AvgIpc) is 2.30. The molecule has 0 fully saturated rings. The highest BCUT2D eigenvalue weighted by molar-refractivity contribution is 9.10. The number of carbonyl (C=O) groups is 1. The predicted octanol–water partition coefficient (Wildman–Crippen LogP) is 3.12. The van der Waals surface area contributed by atoms with E-state index in [0.717, 1.165) is 10.2 Å². The molecule has 17 heavy (non-hydrogen) atoms. The Morgan fingerprint density at radius 2 is 2.35 bits per heavy atom. The monoisotopic (exact) mass is 336 g/mol. The summed E-state index contributed by atoms with van der Waals surface area (Å²) < 4.78 is 0.795. The van der Waals surface area contributed by atoms with Crippen LogP contribution in [0.15, 0.2) is 22.7 Å². The fraction of sp³-hybridized carbons (Fsp3) is 0.364. The third kappa shape index (κ3) is 4.87. The van der Waals surface area contributed by atoms with Crippen LogP contribution >= 0.6 is 39.3 Å². The van der Waals surface area contributed by atoms with Crippen molar-refractivity contribution in [1.82, 2.24) is 0 Å². The van der Waals surface area contributed by atoms with Crippen LogP contribution in [0.3, 0.4) is 0 Å². The molecule has 0 saturated heterocycles. The number of nitrogens with one attached hydrogen (secondary N) is 1. The molecule has 0 aromatic heterocycles. The molecule has 0 aliphatic carbocycles. The molecule has 1 rings (SSSR count). The topological polar surface area (TPSA) is 55.1 Å². The van der Waals surface area contributed by atoms with Crippen LogP contribution in [0.1, 0.15) is 6.42 Å². The molecule has 0 aliphatic rings.